The molecule has 0 aromatic rings. The Balaban J connectivity index is 3.64. The molecule has 0 fully saturated rings. The third-order valence-electron chi connectivity index (χ3n) is 1.58. The van der Waals surface area contributed by atoms with Crippen molar-refractivity contribution in [1.82, 2.24) is 0 Å². The van der Waals surface area contributed by atoms with E-state index in [9.17, 15) is 4.79 Å². The number of methoxy groups -OCH3 is 1. The van der Waals surface area contributed by atoms with Crippen LogP contribution < -0.4 is 0 Å². The Morgan fingerprint density at radius 1 is 1.38 bits per heavy atom. The molecule has 0 aliphatic carbocycles. The lowest BCUT2D eigenvalue weighted by molar-refractivity contribution is -0.155. The lowest BCUT2D eigenvalue weighted by atomic mass is 10.2. The zero-order valence-electron chi connectivity index (χ0n) is 9.22. The van der Waals surface area contributed by atoms with Gasteiger partial charge in [0.05, 0.1) is 6.10 Å². The van der Waals surface area contributed by atoms with Crippen LogP contribution >= 0.6 is 0 Å². The van der Waals surface area contributed by atoms with Gasteiger partial charge in [0, 0.05) is 13.5 Å². The lowest BCUT2D eigenvalue weighted by Crippen LogP contribution is -2.24. The second-order valence-electron chi connectivity index (χ2n) is 4.17. The SMILES string of the molecule is CO[C@@H](C)CCC(=O)OC(C)(C)C. The highest BCUT2D eigenvalue weighted by atomic mass is 16.6. The molecule has 0 bridgehead atoms. The van der Waals surface area contributed by atoms with E-state index in [1.807, 2.05) is 27.7 Å². The highest BCUT2D eigenvalue weighted by molar-refractivity contribution is 5.69. The summed E-state index contributed by atoms with van der Waals surface area (Å²) in [4.78, 5) is 11.2. The summed E-state index contributed by atoms with van der Waals surface area (Å²) < 4.78 is 10.2. The molecular weight excluding hydrogens is 168 g/mol. The molecule has 0 aliphatic heterocycles. The number of carbonyl (C=O) groups is 1. The maximum Gasteiger partial charge on any atom is 0.306 e. The van der Waals surface area contributed by atoms with Gasteiger partial charge in [0.1, 0.15) is 5.60 Å². The summed E-state index contributed by atoms with van der Waals surface area (Å²) in [5.74, 6) is -0.156. The molecule has 0 rings (SSSR count). The van der Waals surface area contributed by atoms with Crippen molar-refractivity contribution in [2.45, 2.75) is 52.2 Å². The van der Waals surface area contributed by atoms with E-state index in [4.69, 9.17) is 9.47 Å². The van der Waals surface area contributed by atoms with E-state index in [1.54, 1.807) is 7.11 Å². The number of esters is 1. The zero-order chi connectivity index (χ0) is 10.5. The molecule has 0 unspecified atom stereocenters. The predicted octanol–water partition coefficient (Wildman–Crippen LogP) is 2.14. The summed E-state index contributed by atoms with van der Waals surface area (Å²) in [5.41, 5.74) is -0.382. The first-order valence-corrected chi connectivity index (χ1v) is 4.60. The second-order valence-corrected chi connectivity index (χ2v) is 4.17. The monoisotopic (exact) mass is 188 g/mol. The highest BCUT2D eigenvalue weighted by Crippen LogP contribution is 2.10. The smallest absolute Gasteiger partial charge is 0.306 e. The van der Waals surface area contributed by atoms with E-state index in [2.05, 4.69) is 0 Å². The van der Waals surface area contributed by atoms with Crippen LogP contribution in [0.2, 0.25) is 0 Å². The van der Waals surface area contributed by atoms with Gasteiger partial charge in [-0.3, -0.25) is 4.79 Å². The van der Waals surface area contributed by atoms with E-state index in [1.165, 1.54) is 0 Å². The molecule has 0 amide bonds. The van der Waals surface area contributed by atoms with Crippen LogP contribution in [-0.2, 0) is 14.3 Å². The van der Waals surface area contributed by atoms with Gasteiger partial charge in [0.15, 0.2) is 0 Å². The Morgan fingerprint density at radius 2 is 1.92 bits per heavy atom. The average molecular weight is 188 g/mol. The van der Waals surface area contributed by atoms with Gasteiger partial charge in [-0.25, -0.2) is 0 Å². The molecule has 3 nitrogen and oxygen atoms in total. The third-order valence-corrected chi connectivity index (χ3v) is 1.58. The van der Waals surface area contributed by atoms with Crippen molar-refractivity contribution < 1.29 is 14.3 Å². The summed E-state index contributed by atoms with van der Waals surface area (Å²) in [7, 11) is 1.64. The van der Waals surface area contributed by atoms with E-state index in [0.29, 0.717) is 12.8 Å². The highest BCUT2D eigenvalue weighted by Gasteiger charge is 2.16. The fourth-order valence-corrected chi connectivity index (χ4v) is 0.832. The van der Waals surface area contributed by atoms with Gasteiger partial charge >= 0.3 is 5.97 Å². The molecule has 1 atom stereocenters. The number of hydrogen-bond donors (Lipinski definition) is 0. The maximum atomic E-state index is 11.2. The first-order chi connectivity index (χ1) is 5.85. The Bertz CT molecular complexity index is 158. The largest absolute Gasteiger partial charge is 0.460 e. The Kier molecular flexibility index (Phi) is 4.99. The number of ether oxygens (including phenoxy) is 2. The maximum absolute atomic E-state index is 11.2. The normalized spacial score (nSPS) is 13.9. The molecule has 78 valence electrons. The molecule has 0 saturated carbocycles. The minimum Gasteiger partial charge on any atom is -0.460 e. The van der Waals surface area contributed by atoms with Crippen LogP contribution in [0.25, 0.3) is 0 Å². The molecule has 0 aromatic carbocycles. The van der Waals surface area contributed by atoms with Crippen LogP contribution in [0.5, 0.6) is 0 Å². The van der Waals surface area contributed by atoms with Crippen LogP contribution in [0.3, 0.4) is 0 Å². The van der Waals surface area contributed by atoms with E-state index >= 15 is 0 Å². The first-order valence-electron chi connectivity index (χ1n) is 4.60. The van der Waals surface area contributed by atoms with Gasteiger partial charge < -0.3 is 9.47 Å². The molecule has 0 aromatic heterocycles. The van der Waals surface area contributed by atoms with E-state index in [0.717, 1.165) is 0 Å². The molecule has 0 saturated heterocycles. The number of rotatable bonds is 4. The van der Waals surface area contributed by atoms with Gasteiger partial charge in [-0.15, -0.1) is 0 Å². The van der Waals surface area contributed by atoms with Crippen molar-refractivity contribution in [3.8, 4) is 0 Å². The van der Waals surface area contributed by atoms with Gasteiger partial charge in [-0.1, -0.05) is 0 Å². The van der Waals surface area contributed by atoms with Crippen molar-refractivity contribution in [2.75, 3.05) is 7.11 Å². The van der Waals surface area contributed by atoms with E-state index in [-0.39, 0.29) is 17.7 Å². The summed E-state index contributed by atoms with van der Waals surface area (Å²) in [6.45, 7) is 7.53. The molecule has 0 heterocycles. The van der Waals surface area contributed by atoms with Crippen molar-refractivity contribution in [3.63, 3.8) is 0 Å². The van der Waals surface area contributed by atoms with Gasteiger partial charge in [-0.05, 0) is 34.1 Å². The molecule has 13 heavy (non-hydrogen) atoms. The van der Waals surface area contributed by atoms with Gasteiger partial charge in [-0.2, -0.15) is 0 Å². The summed E-state index contributed by atoms with van der Waals surface area (Å²) in [6.07, 6.45) is 1.25. The van der Waals surface area contributed by atoms with Crippen molar-refractivity contribution in [2.24, 2.45) is 0 Å². The molecule has 0 N–H and O–H groups in total. The standard InChI is InChI=1S/C10H20O3/c1-8(12-5)6-7-9(11)13-10(2,3)4/h8H,6-7H2,1-5H3/t8-/m0/s1. The molecule has 3 heteroatoms. The molecule has 0 aliphatic rings. The third kappa shape index (κ3) is 7.78. The summed E-state index contributed by atoms with van der Waals surface area (Å²) in [6, 6.07) is 0. The summed E-state index contributed by atoms with van der Waals surface area (Å²) >= 11 is 0. The van der Waals surface area contributed by atoms with Crippen molar-refractivity contribution in [3.05, 3.63) is 0 Å². The Hall–Kier alpha value is -0.570. The van der Waals surface area contributed by atoms with Crippen molar-refractivity contribution in [1.29, 1.82) is 0 Å². The van der Waals surface area contributed by atoms with Crippen LogP contribution in [0, 0.1) is 0 Å². The molecular formula is C10H20O3. The van der Waals surface area contributed by atoms with Crippen LogP contribution in [0.4, 0.5) is 0 Å². The Labute approximate surface area is 80.4 Å². The topological polar surface area (TPSA) is 35.5 Å². The minimum absolute atomic E-state index is 0.118. The molecule has 0 radical (unpaired) electrons. The fraction of sp³-hybridized carbons (Fsp3) is 0.900. The van der Waals surface area contributed by atoms with Crippen LogP contribution in [-0.4, -0.2) is 24.8 Å². The molecule has 0 spiro atoms. The first kappa shape index (κ1) is 12.4. The second kappa shape index (κ2) is 5.22. The Morgan fingerprint density at radius 3 is 2.31 bits per heavy atom. The number of hydrogen-bond acceptors (Lipinski definition) is 3. The fourth-order valence-electron chi connectivity index (χ4n) is 0.832. The van der Waals surface area contributed by atoms with Crippen molar-refractivity contribution >= 4 is 5.97 Å². The van der Waals surface area contributed by atoms with E-state index < -0.39 is 0 Å². The number of carbonyl (C=O) groups excluding carboxylic acids is 1. The average Bonchev–Trinajstić information content (AvgIpc) is 1.97. The van der Waals surface area contributed by atoms with Gasteiger partial charge in [0.25, 0.3) is 0 Å². The quantitative estimate of drug-likeness (QED) is 0.634. The van der Waals surface area contributed by atoms with Gasteiger partial charge in [0.2, 0.25) is 0 Å². The minimum atomic E-state index is -0.382. The zero-order valence-corrected chi connectivity index (χ0v) is 9.22. The lowest BCUT2D eigenvalue weighted by Gasteiger charge is -2.19. The predicted molar refractivity (Wildman–Crippen MR) is 51.6 cm³/mol. The summed E-state index contributed by atoms with van der Waals surface area (Å²) in [5, 5.41) is 0. The van der Waals surface area contributed by atoms with Crippen LogP contribution in [0.1, 0.15) is 40.5 Å². The van der Waals surface area contributed by atoms with Crippen LogP contribution in [0.15, 0.2) is 0 Å².